The average Bonchev–Trinajstić information content (AvgIpc) is 2.40. The molecule has 1 N–H and O–H groups in total. The molecule has 0 amide bonds. The zero-order valence-electron chi connectivity index (χ0n) is 11.2. The van der Waals surface area contributed by atoms with Crippen molar-refractivity contribution in [2.75, 3.05) is 19.8 Å². The van der Waals surface area contributed by atoms with Crippen LogP contribution in [-0.4, -0.2) is 30.0 Å². The Morgan fingerprint density at radius 1 is 1.50 bits per heavy atom. The normalized spacial score (nSPS) is 18.8. The zero-order chi connectivity index (χ0) is 12.8. The molecule has 3 nitrogen and oxygen atoms in total. The van der Waals surface area contributed by atoms with Crippen LogP contribution in [0.25, 0.3) is 0 Å². The summed E-state index contributed by atoms with van der Waals surface area (Å²) in [5.41, 5.74) is 1.32. The van der Waals surface area contributed by atoms with Crippen LogP contribution in [0, 0.1) is 0 Å². The maximum absolute atomic E-state index is 5.39. The van der Waals surface area contributed by atoms with Gasteiger partial charge in [-0.3, -0.25) is 0 Å². The molecule has 2 heterocycles. The molecule has 0 aromatic carbocycles. The molecule has 1 aromatic heterocycles. The molecule has 18 heavy (non-hydrogen) atoms. The number of hydrogen-bond donors (Lipinski definition) is 1. The predicted molar refractivity (Wildman–Crippen MR) is 76.0 cm³/mol. The number of hydrogen-bond acceptors (Lipinski definition) is 4. The lowest BCUT2D eigenvalue weighted by atomic mass is 10.1. The van der Waals surface area contributed by atoms with E-state index < -0.39 is 0 Å². The van der Waals surface area contributed by atoms with Crippen molar-refractivity contribution in [3.05, 3.63) is 23.9 Å². The van der Waals surface area contributed by atoms with E-state index in [4.69, 9.17) is 4.74 Å². The topological polar surface area (TPSA) is 34.2 Å². The number of nitrogens with zero attached hydrogens (tertiary/aromatic N) is 1. The molecule has 1 aromatic rings. The van der Waals surface area contributed by atoms with Crippen LogP contribution in [0.4, 0.5) is 0 Å². The Hall–Kier alpha value is -0.580. The molecule has 1 aliphatic rings. The second-order valence-electron chi connectivity index (χ2n) is 4.64. The standard InChI is InChI=1S/C14H22N2OS/c1-3-15-11(2)12-4-7-16-14(10-12)18-13-5-8-17-9-6-13/h4,7,10-11,13,15H,3,5-6,8-9H2,1-2H3. The van der Waals surface area contributed by atoms with Crippen molar-refractivity contribution in [2.24, 2.45) is 0 Å². The molecule has 0 saturated carbocycles. The van der Waals surface area contributed by atoms with Crippen molar-refractivity contribution in [2.45, 2.75) is 43.0 Å². The fraction of sp³-hybridized carbons (Fsp3) is 0.643. The molecule has 1 aliphatic heterocycles. The fourth-order valence-electron chi connectivity index (χ4n) is 2.15. The highest BCUT2D eigenvalue weighted by atomic mass is 32.2. The summed E-state index contributed by atoms with van der Waals surface area (Å²) < 4.78 is 5.39. The average molecular weight is 266 g/mol. The molecule has 0 radical (unpaired) electrons. The quantitative estimate of drug-likeness (QED) is 0.888. The monoisotopic (exact) mass is 266 g/mol. The van der Waals surface area contributed by atoms with Crippen LogP contribution < -0.4 is 5.32 Å². The number of thioether (sulfide) groups is 1. The largest absolute Gasteiger partial charge is 0.381 e. The number of pyridine rings is 1. The summed E-state index contributed by atoms with van der Waals surface area (Å²) in [5, 5.41) is 5.24. The van der Waals surface area contributed by atoms with Gasteiger partial charge in [0.1, 0.15) is 0 Å². The highest BCUT2D eigenvalue weighted by Crippen LogP contribution is 2.29. The second kappa shape index (κ2) is 7.12. The lowest BCUT2D eigenvalue weighted by Gasteiger charge is -2.21. The number of ether oxygens (including phenoxy) is 1. The second-order valence-corrected chi connectivity index (χ2v) is 5.96. The Morgan fingerprint density at radius 3 is 3.00 bits per heavy atom. The van der Waals surface area contributed by atoms with Gasteiger partial charge in [0.25, 0.3) is 0 Å². The highest BCUT2D eigenvalue weighted by Gasteiger charge is 2.16. The molecule has 100 valence electrons. The Labute approximate surface area is 114 Å². The van der Waals surface area contributed by atoms with Crippen LogP contribution >= 0.6 is 11.8 Å². The predicted octanol–water partition coefficient (Wildman–Crippen LogP) is 3.02. The Kier molecular flexibility index (Phi) is 5.47. The van der Waals surface area contributed by atoms with Gasteiger partial charge in [0.2, 0.25) is 0 Å². The lowest BCUT2D eigenvalue weighted by Crippen LogP contribution is -2.18. The molecule has 1 atom stereocenters. The van der Waals surface area contributed by atoms with Gasteiger partial charge in [-0.15, -0.1) is 11.8 Å². The summed E-state index contributed by atoms with van der Waals surface area (Å²) in [6.07, 6.45) is 4.20. The number of aromatic nitrogens is 1. The van der Waals surface area contributed by atoms with Crippen molar-refractivity contribution in [3.63, 3.8) is 0 Å². The van der Waals surface area contributed by atoms with Gasteiger partial charge >= 0.3 is 0 Å². The van der Waals surface area contributed by atoms with Gasteiger partial charge in [0, 0.05) is 30.7 Å². The number of rotatable bonds is 5. The van der Waals surface area contributed by atoms with E-state index in [-0.39, 0.29) is 0 Å². The van der Waals surface area contributed by atoms with E-state index in [9.17, 15) is 0 Å². The third kappa shape index (κ3) is 3.97. The first kappa shape index (κ1) is 13.8. The summed E-state index contributed by atoms with van der Waals surface area (Å²) in [6, 6.07) is 4.71. The lowest BCUT2D eigenvalue weighted by molar-refractivity contribution is 0.1000. The summed E-state index contributed by atoms with van der Waals surface area (Å²) in [4.78, 5) is 4.47. The minimum atomic E-state index is 0.395. The Morgan fingerprint density at radius 2 is 2.28 bits per heavy atom. The third-order valence-corrected chi connectivity index (χ3v) is 4.49. The maximum Gasteiger partial charge on any atom is 0.0965 e. The minimum absolute atomic E-state index is 0.395. The summed E-state index contributed by atoms with van der Waals surface area (Å²) in [5.74, 6) is 0. The molecule has 0 bridgehead atoms. The van der Waals surface area contributed by atoms with Crippen molar-refractivity contribution in [1.82, 2.24) is 10.3 Å². The van der Waals surface area contributed by atoms with Crippen LogP contribution in [0.2, 0.25) is 0 Å². The van der Waals surface area contributed by atoms with Crippen LogP contribution in [0.3, 0.4) is 0 Å². The molecule has 0 spiro atoms. The molecular formula is C14H22N2OS. The smallest absolute Gasteiger partial charge is 0.0965 e. The molecule has 1 saturated heterocycles. The first-order valence-electron chi connectivity index (χ1n) is 6.73. The van der Waals surface area contributed by atoms with E-state index in [1.54, 1.807) is 0 Å². The first-order chi connectivity index (χ1) is 8.79. The van der Waals surface area contributed by atoms with Gasteiger partial charge in [0.15, 0.2) is 0 Å². The summed E-state index contributed by atoms with van der Waals surface area (Å²) in [6.45, 7) is 7.11. The highest BCUT2D eigenvalue weighted by molar-refractivity contribution is 7.99. The minimum Gasteiger partial charge on any atom is -0.381 e. The van der Waals surface area contributed by atoms with E-state index in [0.29, 0.717) is 11.3 Å². The molecule has 0 aliphatic carbocycles. The van der Waals surface area contributed by atoms with E-state index in [1.807, 2.05) is 18.0 Å². The van der Waals surface area contributed by atoms with Crippen LogP contribution in [0.5, 0.6) is 0 Å². The Bertz CT molecular complexity index is 367. The van der Waals surface area contributed by atoms with Gasteiger partial charge < -0.3 is 10.1 Å². The number of nitrogens with one attached hydrogen (secondary N) is 1. The van der Waals surface area contributed by atoms with Crippen molar-refractivity contribution in [1.29, 1.82) is 0 Å². The summed E-state index contributed by atoms with van der Waals surface area (Å²) in [7, 11) is 0. The third-order valence-electron chi connectivity index (χ3n) is 3.22. The fourth-order valence-corrected chi connectivity index (χ4v) is 3.24. The van der Waals surface area contributed by atoms with Gasteiger partial charge in [-0.25, -0.2) is 4.98 Å². The van der Waals surface area contributed by atoms with Gasteiger partial charge in [-0.1, -0.05) is 6.92 Å². The molecule has 2 rings (SSSR count). The SMILES string of the molecule is CCNC(C)c1ccnc(SC2CCOCC2)c1. The Balaban J connectivity index is 1.97. The maximum atomic E-state index is 5.39. The van der Waals surface area contributed by atoms with Crippen molar-refractivity contribution >= 4 is 11.8 Å². The van der Waals surface area contributed by atoms with Crippen LogP contribution in [0.1, 0.15) is 38.3 Å². The zero-order valence-corrected chi connectivity index (χ0v) is 12.0. The molecule has 1 unspecified atom stereocenters. The van der Waals surface area contributed by atoms with E-state index >= 15 is 0 Å². The van der Waals surface area contributed by atoms with Crippen LogP contribution in [0.15, 0.2) is 23.4 Å². The molecule has 4 heteroatoms. The van der Waals surface area contributed by atoms with Crippen molar-refractivity contribution < 1.29 is 4.74 Å². The first-order valence-corrected chi connectivity index (χ1v) is 7.61. The van der Waals surface area contributed by atoms with Gasteiger partial charge in [-0.2, -0.15) is 0 Å². The van der Waals surface area contributed by atoms with E-state index in [1.165, 1.54) is 5.56 Å². The van der Waals surface area contributed by atoms with E-state index in [2.05, 4.69) is 36.3 Å². The molecular weight excluding hydrogens is 244 g/mol. The van der Waals surface area contributed by atoms with Crippen LogP contribution in [-0.2, 0) is 4.74 Å². The molecule has 1 fully saturated rings. The summed E-state index contributed by atoms with van der Waals surface area (Å²) >= 11 is 1.90. The van der Waals surface area contributed by atoms with E-state index in [0.717, 1.165) is 37.6 Å². The van der Waals surface area contributed by atoms with Crippen molar-refractivity contribution in [3.8, 4) is 0 Å². The van der Waals surface area contributed by atoms with Gasteiger partial charge in [-0.05, 0) is 44.0 Å². The van der Waals surface area contributed by atoms with Gasteiger partial charge in [0.05, 0.1) is 5.03 Å².